The molecule has 0 radical (unpaired) electrons. The zero-order valence-corrected chi connectivity index (χ0v) is 19.3. The number of phenols is 1. The molecule has 180 valence electrons. The molecule has 0 spiro atoms. The van der Waals surface area contributed by atoms with Gasteiger partial charge in [-0.3, -0.25) is 4.79 Å². The van der Waals surface area contributed by atoms with Gasteiger partial charge >= 0.3 is 0 Å². The summed E-state index contributed by atoms with van der Waals surface area (Å²) in [7, 11) is 0. The smallest absolute Gasteiger partial charge is 0.176 e. The minimum atomic E-state index is -1.09. The van der Waals surface area contributed by atoms with Crippen LogP contribution in [0.1, 0.15) is 51.7 Å². The van der Waals surface area contributed by atoms with E-state index in [1.54, 1.807) is 39.8 Å². The zero-order chi connectivity index (χ0) is 23.9. The minimum absolute atomic E-state index is 0.0737. The highest BCUT2D eigenvalue weighted by molar-refractivity contribution is 6.23. The molecule has 3 heterocycles. The van der Waals surface area contributed by atoms with Gasteiger partial charge in [-0.05, 0) is 46.2 Å². The monoisotopic (exact) mass is 460 g/mol. The lowest BCUT2D eigenvalue weighted by Crippen LogP contribution is -2.52. The number of Topliss-reactive ketones (excluding diaryl/α,β-unsaturated/α-hetero) is 1. The maximum atomic E-state index is 13.5. The van der Waals surface area contributed by atoms with Crippen molar-refractivity contribution in [3.05, 3.63) is 29.5 Å². The van der Waals surface area contributed by atoms with Gasteiger partial charge in [-0.25, -0.2) is 0 Å². The summed E-state index contributed by atoms with van der Waals surface area (Å²) < 4.78 is 17.7. The molecule has 1 saturated heterocycles. The first-order valence-corrected chi connectivity index (χ1v) is 11.6. The fourth-order valence-corrected chi connectivity index (χ4v) is 5.64. The Morgan fingerprint density at radius 1 is 1.00 bits per heavy atom. The second-order valence-electron chi connectivity index (χ2n) is 10.9. The molecule has 0 amide bonds. The van der Waals surface area contributed by atoms with E-state index in [9.17, 15) is 25.2 Å². The molecule has 3 aliphatic heterocycles. The third kappa shape index (κ3) is 3.64. The van der Waals surface area contributed by atoms with E-state index in [4.69, 9.17) is 14.2 Å². The quantitative estimate of drug-likeness (QED) is 0.537. The predicted molar refractivity (Wildman–Crippen MR) is 118 cm³/mol. The van der Waals surface area contributed by atoms with Gasteiger partial charge in [0, 0.05) is 29.9 Å². The maximum Gasteiger partial charge on any atom is 0.176 e. The summed E-state index contributed by atoms with van der Waals surface area (Å²) in [6.45, 7) is 6.66. The summed E-state index contributed by atoms with van der Waals surface area (Å²) in [6.07, 6.45) is -0.128. The Balaban J connectivity index is 1.41. The number of fused-ring (bicyclic) bond motifs is 3. The van der Waals surface area contributed by atoms with E-state index < -0.39 is 41.5 Å². The van der Waals surface area contributed by atoms with Crippen LogP contribution in [0.3, 0.4) is 0 Å². The topological polar surface area (TPSA) is 126 Å². The van der Waals surface area contributed by atoms with Gasteiger partial charge in [0.15, 0.2) is 5.78 Å². The van der Waals surface area contributed by atoms with E-state index in [1.807, 2.05) is 0 Å². The SMILES string of the molecule is CC(C)(O)C1Cc2c(ccc(C3=COC4CC5OC(C(C)(C)O)CC5C(O)C4C3=O)c2O)O1. The Morgan fingerprint density at radius 2 is 1.70 bits per heavy atom. The molecule has 1 aliphatic carbocycles. The highest BCUT2D eigenvalue weighted by atomic mass is 16.5. The summed E-state index contributed by atoms with van der Waals surface area (Å²) in [4.78, 5) is 13.5. The van der Waals surface area contributed by atoms with Crippen LogP contribution in [-0.4, -0.2) is 67.9 Å². The van der Waals surface area contributed by atoms with Crippen molar-refractivity contribution in [2.24, 2.45) is 11.8 Å². The maximum absolute atomic E-state index is 13.5. The molecule has 8 nitrogen and oxygen atoms in total. The third-order valence-corrected chi connectivity index (χ3v) is 7.67. The number of hydrogen-bond acceptors (Lipinski definition) is 8. The first-order chi connectivity index (χ1) is 15.4. The number of hydrogen-bond donors (Lipinski definition) is 4. The number of rotatable bonds is 3. The summed E-state index contributed by atoms with van der Waals surface area (Å²) >= 11 is 0. The van der Waals surface area contributed by atoms with Crippen molar-refractivity contribution in [1.82, 2.24) is 0 Å². The average Bonchev–Trinajstić information content (AvgIpc) is 3.34. The Bertz CT molecular complexity index is 1000. The molecule has 1 saturated carbocycles. The number of allylic oxidation sites excluding steroid dienone is 1. The number of aliphatic hydroxyl groups excluding tert-OH is 1. The van der Waals surface area contributed by atoms with Crippen molar-refractivity contribution in [2.45, 2.75) is 88.7 Å². The molecule has 8 heteroatoms. The molecule has 4 N–H and O–H groups in total. The van der Waals surface area contributed by atoms with Crippen LogP contribution in [0.15, 0.2) is 18.4 Å². The Hall–Kier alpha value is -2.13. The Morgan fingerprint density at radius 3 is 2.36 bits per heavy atom. The number of phenolic OH excluding ortho intramolecular Hbond substituents is 1. The lowest BCUT2D eigenvalue weighted by molar-refractivity contribution is -0.148. The third-order valence-electron chi connectivity index (χ3n) is 7.67. The normalized spacial score (nSPS) is 35.8. The molecule has 2 fully saturated rings. The van der Waals surface area contributed by atoms with Crippen LogP contribution in [0.5, 0.6) is 11.5 Å². The molecular weight excluding hydrogens is 428 g/mol. The minimum Gasteiger partial charge on any atom is -0.507 e. The van der Waals surface area contributed by atoms with Crippen molar-refractivity contribution in [3.63, 3.8) is 0 Å². The van der Waals surface area contributed by atoms with Crippen molar-refractivity contribution >= 4 is 11.4 Å². The van der Waals surface area contributed by atoms with Gasteiger partial charge in [0.2, 0.25) is 0 Å². The Labute approximate surface area is 192 Å². The van der Waals surface area contributed by atoms with Crippen molar-refractivity contribution < 1.29 is 39.4 Å². The van der Waals surface area contributed by atoms with Gasteiger partial charge in [-0.1, -0.05) is 0 Å². The summed E-state index contributed by atoms with van der Waals surface area (Å²) in [5.74, 6) is -0.924. The second kappa shape index (κ2) is 7.43. The highest BCUT2D eigenvalue weighted by Crippen LogP contribution is 2.48. The molecule has 0 bridgehead atoms. The van der Waals surface area contributed by atoms with Gasteiger partial charge in [0.05, 0.1) is 47.3 Å². The predicted octanol–water partition coefficient (Wildman–Crippen LogP) is 1.70. The van der Waals surface area contributed by atoms with Gasteiger partial charge in [-0.15, -0.1) is 0 Å². The number of aromatic hydroxyl groups is 1. The second-order valence-corrected chi connectivity index (χ2v) is 10.9. The average molecular weight is 461 g/mol. The molecule has 4 aliphatic rings. The lowest BCUT2D eigenvalue weighted by atomic mass is 9.70. The molecule has 7 atom stereocenters. The first kappa shape index (κ1) is 22.7. The number of benzene rings is 1. The Kier molecular flexibility index (Phi) is 5.10. The standard InChI is InChI=1S/C25H32O8/c1-24(2,29)18-7-12-15(32-18)6-5-11(21(12)26)14-10-31-17-9-16-13(22(27)20(17)23(14)28)8-19(33-16)25(3,4)30/h5-6,10,13,16-20,22,26-27,29-30H,7-9H2,1-4H3. The summed E-state index contributed by atoms with van der Waals surface area (Å²) in [5, 5.41) is 42.8. The van der Waals surface area contributed by atoms with Gasteiger partial charge in [-0.2, -0.15) is 0 Å². The lowest BCUT2D eigenvalue weighted by Gasteiger charge is -2.42. The molecular formula is C25H32O8. The van der Waals surface area contributed by atoms with Crippen molar-refractivity contribution in [2.75, 3.05) is 0 Å². The van der Waals surface area contributed by atoms with Crippen LogP contribution in [0.25, 0.3) is 5.57 Å². The van der Waals surface area contributed by atoms with Crippen molar-refractivity contribution in [1.29, 1.82) is 0 Å². The van der Waals surface area contributed by atoms with Crippen LogP contribution in [0.2, 0.25) is 0 Å². The first-order valence-electron chi connectivity index (χ1n) is 11.6. The highest BCUT2D eigenvalue weighted by Gasteiger charge is 2.56. The van der Waals surface area contributed by atoms with E-state index in [0.29, 0.717) is 36.1 Å². The van der Waals surface area contributed by atoms with E-state index in [2.05, 4.69) is 0 Å². The molecule has 5 rings (SSSR count). The van der Waals surface area contributed by atoms with E-state index >= 15 is 0 Å². The van der Waals surface area contributed by atoms with Gasteiger partial charge < -0.3 is 34.6 Å². The van der Waals surface area contributed by atoms with Gasteiger partial charge in [0.25, 0.3) is 0 Å². The number of carbonyl (C=O) groups excluding carboxylic acids is 1. The van der Waals surface area contributed by atoms with E-state index in [0.717, 1.165) is 0 Å². The van der Waals surface area contributed by atoms with Gasteiger partial charge in [0.1, 0.15) is 23.7 Å². The van der Waals surface area contributed by atoms with Crippen LogP contribution in [0.4, 0.5) is 0 Å². The summed E-state index contributed by atoms with van der Waals surface area (Å²) in [5.41, 5.74) is -1.07. The molecule has 0 aromatic heterocycles. The fourth-order valence-electron chi connectivity index (χ4n) is 5.64. The van der Waals surface area contributed by atoms with Crippen molar-refractivity contribution in [3.8, 4) is 11.5 Å². The molecule has 7 unspecified atom stereocenters. The number of aliphatic hydroxyl groups is 3. The molecule has 33 heavy (non-hydrogen) atoms. The van der Waals surface area contributed by atoms with E-state index in [-0.39, 0.29) is 29.1 Å². The summed E-state index contributed by atoms with van der Waals surface area (Å²) in [6, 6.07) is 3.29. The molecule has 1 aromatic carbocycles. The molecule has 1 aromatic rings. The largest absolute Gasteiger partial charge is 0.507 e. The van der Waals surface area contributed by atoms with E-state index in [1.165, 1.54) is 6.26 Å². The van der Waals surface area contributed by atoms with Crippen LogP contribution in [-0.2, 0) is 20.7 Å². The van der Waals surface area contributed by atoms with Crippen LogP contribution >= 0.6 is 0 Å². The van der Waals surface area contributed by atoms with Crippen LogP contribution in [0, 0.1) is 11.8 Å². The number of ether oxygens (including phenoxy) is 3. The number of ketones is 1. The number of carbonyl (C=O) groups is 1. The fraction of sp³-hybridized carbons (Fsp3) is 0.640. The zero-order valence-electron chi connectivity index (χ0n) is 19.3. The van der Waals surface area contributed by atoms with Crippen LogP contribution < -0.4 is 4.74 Å².